The van der Waals surface area contributed by atoms with Crippen LogP contribution < -0.4 is 5.73 Å². The Balaban J connectivity index is 1.48. The Labute approximate surface area is 169 Å². The molecule has 6 nitrogen and oxygen atoms in total. The molecule has 0 radical (unpaired) electrons. The van der Waals surface area contributed by atoms with Gasteiger partial charge in [-0.05, 0) is 92.3 Å². The van der Waals surface area contributed by atoms with E-state index in [1.807, 2.05) is 0 Å². The van der Waals surface area contributed by atoms with Crippen molar-refractivity contribution in [3.63, 3.8) is 0 Å². The van der Waals surface area contributed by atoms with Crippen molar-refractivity contribution in [2.24, 2.45) is 45.4 Å². The lowest BCUT2D eigenvalue weighted by atomic mass is 9.45. The van der Waals surface area contributed by atoms with Crippen LogP contribution in [0, 0.1) is 39.7 Å². The van der Waals surface area contributed by atoms with E-state index in [0.29, 0.717) is 29.4 Å². The van der Waals surface area contributed by atoms with E-state index in [1.54, 1.807) is 0 Å². The van der Waals surface area contributed by atoms with Crippen molar-refractivity contribution >= 4 is 12.4 Å². The molecule has 2 N–H and O–H groups in total. The molecule has 0 spiro atoms. The van der Waals surface area contributed by atoms with Crippen LogP contribution in [0.5, 0.6) is 0 Å². The zero-order valence-corrected chi connectivity index (χ0v) is 17.6. The normalized spacial score (nSPS) is 46.4. The number of hydrogen-bond acceptors (Lipinski definition) is 5. The first-order valence-corrected chi connectivity index (χ1v) is 11.2. The fourth-order valence-corrected chi connectivity index (χ4v) is 7.60. The van der Waals surface area contributed by atoms with E-state index in [-0.39, 0.29) is 11.5 Å². The Bertz CT molecular complexity index is 639. The molecule has 6 heteroatoms. The summed E-state index contributed by atoms with van der Waals surface area (Å²) in [5.41, 5.74) is 7.28. The number of nitrogens with zero attached hydrogens (tertiary/aromatic N) is 2. The molecule has 0 amide bonds. The lowest BCUT2D eigenvalue weighted by Gasteiger charge is -2.60. The van der Waals surface area contributed by atoms with Crippen molar-refractivity contribution in [1.82, 2.24) is 0 Å². The number of nitrogens with two attached hydrogens (primary N) is 1. The van der Waals surface area contributed by atoms with Gasteiger partial charge >= 0.3 is 0 Å². The van der Waals surface area contributed by atoms with Gasteiger partial charge in [-0.2, -0.15) is 0 Å². The van der Waals surface area contributed by atoms with Crippen LogP contribution in [0.3, 0.4) is 0 Å². The topological polar surface area (TPSA) is 82.9 Å². The average molecular weight is 392 g/mol. The summed E-state index contributed by atoms with van der Waals surface area (Å²) in [6.07, 6.45) is 10.6. The molecule has 4 aliphatic carbocycles. The van der Waals surface area contributed by atoms with Crippen molar-refractivity contribution in [1.29, 1.82) is 0 Å². The van der Waals surface area contributed by atoms with Crippen molar-refractivity contribution < 1.29 is 14.6 Å². The molecule has 158 valence electrons. The van der Waals surface area contributed by atoms with Gasteiger partial charge in [0.05, 0.1) is 11.8 Å². The molecule has 4 saturated carbocycles. The quantitative estimate of drug-likeness (QED) is 0.334. The average Bonchev–Trinajstić information content (AvgIpc) is 2.98. The molecule has 0 heterocycles. The second kappa shape index (κ2) is 7.51. The summed E-state index contributed by atoms with van der Waals surface area (Å²) in [6, 6.07) is 0. The van der Waals surface area contributed by atoms with E-state index in [9.17, 15) is 5.21 Å². The SMILES string of the molecule is C=[N+]([O-])O[C@H]1CCC2C3CCC4CC(=NOCCN)CC[C@]4(C)C3CC[C@@]21C. The summed E-state index contributed by atoms with van der Waals surface area (Å²) in [5.74, 6) is 2.96. The number of oxime groups is 1. The molecule has 4 unspecified atom stereocenters. The molecule has 0 aromatic heterocycles. The van der Waals surface area contributed by atoms with Gasteiger partial charge in [0.2, 0.25) is 0 Å². The van der Waals surface area contributed by atoms with Gasteiger partial charge < -0.3 is 15.4 Å². The Morgan fingerprint density at radius 1 is 1.14 bits per heavy atom. The highest BCUT2D eigenvalue weighted by atomic mass is 16.9. The lowest BCUT2D eigenvalue weighted by molar-refractivity contribution is -0.751. The highest BCUT2D eigenvalue weighted by molar-refractivity contribution is 5.85. The van der Waals surface area contributed by atoms with Gasteiger partial charge in [0, 0.05) is 11.4 Å². The maximum atomic E-state index is 11.4. The molecule has 4 fully saturated rings. The van der Waals surface area contributed by atoms with E-state index >= 15 is 0 Å². The van der Waals surface area contributed by atoms with Crippen LogP contribution in [-0.2, 0) is 9.68 Å². The Morgan fingerprint density at radius 3 is 2.68 bits per heavy atom. The Kier molecular flexibility index (Phi) is 5.36. The number of hydrogen-bond donors (Lipinski definition) is 1. The third-order valence-electron chi connectivity index (χ3n) is 9.06. The molecular weight excluding hydrogens is 354 g/mol. The van der Waals surface area contributed by atoms with E-state index < -0.39 is 0 Å². The predicted octanol–water partition coefficient (Wildman–Crippen LogP) is 3.87. The summed E-state index contributed by atoms with van der Waals surface area (Å²) < 4.78 is 0. The molecule has 7 atom stereocenters. The van der Waals surface area contributed by atoms with E-state index in [2.05, 4.69) is 25.7 Å². The van der Waals surface area contributed by atoms with E-state index in [1.165, 1.54) is 44.2 Å². The standard InChI is InChI=1S/C22H37N3O3/c1-21-10-8-16(24-27-13-12-23)14-15(21)4-5-17-18-6-7-20(28-25(3)26)22(18,2)11-9-19(17)21/h15,17-20H,3-14,23H2,1-2H3/t15?,17?,18?,19?,20-,21-,22-/m0/s1. The molecule has 0 saturated heterocycles. The maximum absolute atomic E-state index is 11.4. The maximum Gasteiger partial charge on any atom is 0.198 e. The largest absolute Gasteiger partial charge is 0.400 e. The van der Waals surface area contributed by atoms with Crippen molar-refractivity contribution in [2.45, 2.75) is 77.7 Å². The van der Waals surface area contributed by atoms with E-state index in [4.69, 9.17) is 15.4 Å². The minimum atomic E-state index is 0.0313. The van der Waals surface area contributed by atoms with Gasteiger partial charge in [-0.1, -0.05) is 19.0 Å². The van der Waals surface area contributed by atoms with Crippen LogP contribution in [0.25, 0.3) is 0 Å². The zero-order chi connectivity index (χ0) is 19.9. The fourth-order valence-electron chi connectivity index (χ4n) is 7.60. The van der Waals surface area contributed by atoms with Gasteiger partial charge in [0.1, 0.15) is 6.61 Å². The summed E-state index contributed by atoms with van der Waals surface area (Å²) in [4.78, 5) is 11.4. The van der Waals surface area contributed by atoms with Crippen LogP contribution in [0.4, 0.5) is 0 Å². The Hall–Kier alpha value is -1.30. The van der Waals surface area contributed by atoms with Gasteiger partial charge in [0.15, 0.2) is 6.72 Å². The second-order valence-corrected chi connectivity index (χ2v) is 10.2. The third-order valence-corrected chi connectivity index (χ3v) is 9.06. The van der Waals surface area contributed by atoms with Crippen LogP contribution in [-0.4, -0.2) is 36.6 Å². The highest BCUT2D eigenvalue weighted by Crippen LogP contribution is 2.66. The third kappa shape index (κ3) is 3.21. The highest BCUT2D eigenvalue weighted by Gasteiger charge is 2.60. The monoisotopic (exact) mass is 391 g/mol. The minimum absolute atomic E-state index is 0.0313. The second-order valence-electron chi connectivity index (χ2n) is 10.2. The first-order valence-electron chi connectivity index (χ1n) is 11.2. The van der Waals surface area contributed by atoms with Crippen molar-refractivity contribution in [3.8, 4) is 0 Å². The molecule has 0 bridgehead atoms. The molecule has 0 aliphatic heterocycles. The summed E-state index contributed by atoms with van der Waals surface area (Å²) >= 11 is 0. The fraction of sp³-hybridized carbons (Fsp3) is 0.909. The number of fused-ring (bicyclic) bond motifs is 5. The van der Waals surface area contributed by atoms with Crippen molar-refractivity contribution in [3.05, 3.63) is 5.21 Å². The van der Waals surface area contributed by atoms with Crippen LogP contribution in [0.1, 0.15) is 71.6 Å². The van der Waals surface area contributed by atoms with Gasteiger partial charge in [-0.3, -0.25) is 5.21 Å². The van der Waals surface area contributed by atoms with E-state index in [0.717, 1.165) is 37.0 Å². The van der Waals surface area contributed by atoms with Crippen LogP contribution in [0.2, 0.25) is 0 Å². The molecule has 28 heavy (non-hydrogen) atoms. The molecular formula is C22H37N3O3. The summed E-state index contributed by atoms with van der Waals surface area (Å²) in [6.45, 7) is 9.32. The van der Waals surface area contributed by atoms with Crippen LogP contribution in [0.15, 0.2) is 5.16 Å². The number of rotatable bonds is 5. The zero-order valence-electron chi connectivity index (χ0n) is 17.6. The first-order chi connectivity index (χ1) is 13.4. The smallest absolute Gasteiger partial charge is 0.198 e. The minimum Gasteiger partial charge on any atom is -0.400 e. The van der Waals surface area contributed by atoms with Gasteiger partial charge in [-0.15, -0.1) is 0 Å². The van der Waals surface area contributed by atoms with Gasteiger partial charge in [-0.25, -0.2) is 0 Å². The van der Waals surface area contributed by atoms with Crippen molar-refractivity contribution in [2.75, 3.05) is 13.2 Å². The van der Waals surface area contributed by atoms with Crippen LogP contribution >= 0.6 is 0 Å². The summed E-state index contributed by atoms with van der Waals surface area (Å²) in [5, 5.41) is 15.8. The molecule has 0 aromatic carbocycles. The molecule has 4 rings (SSSR count). The lowest BCUT2D eigenvalue weighted by Crippen LogP contribution is -2.54. The summed E-state index contributed by atoms with van der Waals surface area (Å²) in [7, 11) is 0. The Morgan fingerprint density at radius 2 is 1.93 bits per heavy atom. The first kappa shape index (κ1) is 20.0. The predicted molar refractivity (Wildman–Crippen MR) is 110 cm³/mol. The molecule has 4 aliphatic rings. The molecule has 0 aromatic rings. The van der Waals surface area contributed by atoms with Gasteiger partial charge in [0.25, 0.3) is 0 Å².